The molecule has 0 aliphatic carbocycles. The monoisotopic (exact) mass is 553 g/mol. The van der Waals surface area contributed by atoms with Crippen molar-refractivity contribution in [3.05, 3.63) is 66.2 Å². The first-order chi connectivity index (χ1) is 19.1. The van der Waals surface area contributed by atoms with E-state index >= 15 is 0 Å². The lowest BCUT2D eigenvalue weighted by Gasteiger charge is -2.31. The molecule has 2 N–H and O–H groups in total. The van der Waals surface area contributed by atoms with Crippen molar-refractivity contribution >= 4 is 28.3 Å². The number of carbonyl (C=O) groups excluding carboxylic acids is 1. The van der Waals surface area contributed by atoms with Crippen LogP contribution in [0.3, 0.4) is 0 Å². The highest BCUT2D eigenvalue weighted by molar-refractivity contribution is 6.11. The molecule has 0 bridgehead atoms. The predicted molar refractivity (Wildman–Crippen MR) is 143 cm³/mol. The summed E-state index contributed by atoms with van der Waals surface area (Å²) in [7, 11) is 0. The van der Waals surface area contributed by atoms with E-state index in [9.17, 15) is 22.4 Å². The van der Waals surface area contributed by atoms with Gasteiger partial charge in [-0.05, 0) is 41.5 Å². The highest BCUT2D eigenvalue weighted by atomic mass is 19.3. The number of carbonyl (C=O) groups is 1. The number of aromatic nitrogens is 4. The average Bonchev–Trinajstić information content (AvgIpc) is 3.53. The Hall–Kier alpha value is -4.06. The van der Waals surface area contributed by atoms with Gasteiger partial charge in [0.1, 0.15) is 5.82 Å². The molecule has 4 aromatic rings. The number of aromatic amines is 1. The van der Waals surface area contributed by atoms with E-state index in [-0.39, 0.29) is 38.0 Å². The summed E-state index contributed by atoms with van der Waals surface area (Å²) in [6.07, 6.45) is 4.41. The van der Waals surface area contributed by atoms with E-state index in [1.165, 1.54) is 11.1 Å². The third-order valence-corrected chi connectivity index (χ3v) is 7.40. The Kier molecular flexibility index (Phi) is 6.65. The summed E-state index contributed by atoms with van der Waals surface area (Å²) in [5.74, 6) is -5.33. The number of hydrogen-bond donors (Lipinski definition) is 2. The summed E-state index contributed by atoms with van der Waals surface area (Å²) < 4.78 is 54.1. The molecule has 2 aliphatic heterocycles. The zero-order valence-electron chi connectivity index (χ0n) is 21.5. The molecule has 6 rings (SSSR count). The molecule has 5 heterocycles. The van der Waals surface area contributed by atoms with Crippen molar-refractivity contribution < 1.29 is 22.4 Å². The Labute approximate surface area is 227 Å². The lowest BCUT2D eigenvalue weighted by molar-refractivity contribution is -0.0566. The summed E-state index contributed by atoms with van der Waals surface area (Å²) in [4.78, 5) is 25.2. The second kappa shape index (κ2) is 10.2. The van der Waals surface area contributed by atoms with Gasteiger partial charge in [-0.25, -0.2) is 22.5 Å². The number of anilines is 2. The fourth-order valence-corrected chi connectivity index (χ4v) is 5.16. The fourth-order valence-electron chi connectivity index (χ4n) is 5.16. The van der Waals surface area contributed by atoms with Crippen molar-refractivity contribution in [1.29, 1.82) is 0 Å². The molecule has 1 aromatic carbocycles. The van der Waals surface area contributed by atoms with E-state index < -0.39 is 17.8 Å². The van der Waals surface area contributed by atoms with E-state index in [0.717, 1.165) is 16.7 Å². The lowest BCUT2D eigenvalue weighted by atomic mass is 10.0. The zero-order valence-corrected chi connectivity index (χ0v) is 21.5. The van der Waals surface area contributed by atoms with Gasteiger partial charge in [0, 0.05) is 68.8 Å². The Morgan fingerprint density at radius 3 is 2.45 bits per heavy atom. The molecule has 2 aliphatic rings. The second-order valence-corrected chi connectivity index (χ2v) is 10.4. The van der Waals surface area contributed by atoms with Crippen molar-refractivity contribution in [1.82, 2.24) is 25.1 Å². The number of amides is 1. The van der Waals surface area contributed by atoms with Crippen molar-refractivity contribution in [2.24, 2.45) is 0 Å². The number of piperidine rings is 1. The first-order valence-corrected chi connectivity index (χ1v) is 13.1. The van der Waals surface area contributed by atoms with Crippen LogP contribution >= 0.6 is 0 Å². The molecule has 8 nitrogen and oxygen atoms in total. The number of hydrogen-bond acceptors (Lipinski definition) is 6. The minimum Gasteiger partial charge on any atom is -0.350 e. The van der Waals surface area contributed by atoms with Crippen molar-refractivity contribution in [2.75, 3.05) is 36.4 Å². The van der Waals surface area contributed by atoms with Gasteiger partial charge in [-0.3, -0.25) is 19.8 Å². The maximum Gasteiger partial charge on any atom is 0.276 e. The number of rotatable bonds is 6. The Morgan fingerprint density at radius 2 is 1.73 bits per heavy atom. The van der Waals surface area contributed by atoms with Crippen molar-refractivity contribution in [3.63, 3.8) is 0 Å². The van der Waals surface area contributed by atoms with Crippen LogP contribution in [0.2, 0.25) is 0 Å². The van der Waals surface area contributed by atoms with Crippen LogP contribution in [0.4, 0.5) is 29.1 Å². The van der Waals surface area contributed by atoms with Gasteiger partial charge in [-0.1, -0.05) is 6.07 Å². The lowest BCUT2D eigenvalue weighted by Crippen LogP contribution is -2.38. The first-order valence-electron chi connectivity index (χ1n) is 13.1. The summed E-state index contributed by atoms with van der Waals surface area (Å²) in [6.45, 7) is 1.06. The third-order valence-electron chi connectivity index (χ3n) is 7.40. The standard InChI is InChI=1S/C28H27F4N7O/c29-27(30)5-8-38(9-6-27)16-18-11-20(14-33-13-18)19-1-3-23-22(12-19)25(37-36-23)26(40)35-21-2-4-24(34-15-21)39-10-7-28(31,32)17-39/h1-4,11-15H,5-10,16-17H2,(H,35,40)(H,36,37). The number of benzene rings is 1. The van der Waals surface area contributed by atoms with Gasteiger partial charge in [-0.15, -0.1) is 0 Å². The minimum atomic E-state index is -2.72. The molecule has 0 saturated carbocycles. The van der Waals surface area contributed by atoms with Crippen molar-refractivity contribution in [3.8, 4) is 11.1 Å². The largest absolute Gasteiger partial charge is 0.350 e. The van der Waals surface area contributed by atoms with Crippen LogP contribution in [0.15, 0.2) is 55.0 Å². The number of fused-ring (bicyclic) bond motifs is 1. The molecule has 0 atom stereocenters. The molecule has 0 unspecified atom stereocenters. The molecule has 40 heavy (non-hydrogen) atoms. The van der Waals surface area contributed by atoms with Crippen molar-refractivity contribution in [2.45, 2.75) is 37.7 Å². The van der Waals surface area contributed by atoms with Gasteiger partial charge in [0.05, 0.1) is 23.9 Å². The van der Waals surface area contributed by atoms with Gasteiger partial charge < -0.3 is 10.2 Å². The van der Waals surface area contributed by atoms with E-state index in [0.29, 0.717) is 42.0 Å². The number of H-pyrrole nitrogens is 1. The molecule has 12 heteroatoms. The van der Waals surface area contributed by atoms with Crippen LogP contribution in [0.5, 0.6) is 0 Å². The number of nitrogens with zero attached hydrogens (tertiary/aromatic N) is 5. The minimum absolute atomic E-state index is 0.139. The van der Waals surface area contributed by atoms with Crippen LogP contribution < -0.4 is 10.2 Å². The Balaban J connectivity index is 1.16. The summed E-state index contributed by atoms with van der Waals surface area (Å²) in [5.41, 5.74) is 3.87. The number of likely N-dealkylation sites (tertiary alicyclic amines) is 1. The fraction of sp³-hybridized carbons (Fsp3) is 0.357. The van der Waals surface area contributed by atoms with Crippen LogP contribution in [0.1, 0.15) is 35.3 Å². The number of pyridine rings is 2. The van der Waals surface area contributed by atoms with Crippen LogP contribution in [0, 0.1) is 0 Å². The van der Waals surface area contributed by atoms with Crippen LogP contribution in [0.25, 0.3) is 22.0 Å². The molecular weight excluding hydrogens is 526 g/mol. The smallest absolute Gasteiger partial charge is 0.276 e. The maximum absolute atomic E-state index is 13.5. The van der Waals surface area contributed by atoms with Gasteiger partial charge >= 0.3 is 0 Å². The van der Waals surface area contributed by atoms with E-state index in [4.69, 9.17) is 0 Å². The molecule has 1 amide bonds. The van der Waals surface area contributed by atoms with E-state index in [1.54, 1.807) is 24.5 Å². The van der Waals surface area contributed by atoms with Gasteiger partial charge in [0.15, 0.2) is 5.69 Å². The third kappa shape index (κ3) is 5.62. The second-order valence-electron chi connectivity index (χ2n) is 10.4. The molecule has 2 fully saturated rings. The molecule has 208 valence electrons. The average molecular weight is 554 g/mol. The Morgan fingerprint density at radius 1 is 0.925 bits per heavy atom. The molecular formula is C28H27F4N7O. The normalized spacial score (nSPS) is 18.8. The Bertz CT molecular complexity index is 1530. The van der Waals surface area contributed by atoms with Crippen LogP contribution in [-0.2, 0) is 6.54 Å². The quantitative estimate of drug-likeness (QED) is 0.313. The molecule has 0 spiro atoms. The van der Waals surface area contributed by atoms with Gasteiger partial charge in [0.2, 0.25) is 0 Å². The topological polar surface area (TPSA) is 90.0 Å². The van der Waals surface area contributed by atoms with E-state index in [1.807, 2.05) is 29.2 Å². The van der Waals surface area contributed by atoms with Gasteiger partial charge in [-0.2, -0.15) is 5.10 Å². The zero-order chi connectivity index (χ0) is 27.9. The van der Waals surface area contributed by atoms with E-state index in [2.05, 4.69) is 25.5 Å². The number of nitrogens with one attached hydrogen (secondary N) is 2. The summed E-state index contributed by atoms with van der Waals surface area (Å²) >= 11 is 0. The summed E-state index contributed by atoms with van der Waals surface area (Å²) in [6, 6.07) is 10.8. The summed E-state index contributed by atoms with van der Waals surface area (Å²) in [5, 5.41) is 10.5. The highest BCUT2D eigenvalue weighted by Crippen LogP contribution is 2.31. The molecule has 2 saturated heterocycles. The number of halogens is 4. The highest BCUT2D eigenvalue weighted by Gasteiger charge is 2.38. The predicted octanol–water partition coefficient (Wildman–Crippen LogP) is 5.35. The molecule has 3 aromatic heterocycles. The molecule has 0 radical (unpaired) electrons. The van der Waals surface area contributed by atoms with Gasteiger partial charge in [0.25, 0.3) is 17.8 Å². The number of alkyl halides is 4. The van der Waals surface area contributed by atoms with Crippen LogP contribution in [-0.4, -0.2) is 69.0 Å². The SMILES string of the molecule is O=C(Nc1ccc(N2CCC(F)(F)C2)nc1)c1n[nH]c2ccc(-c3cncc(CN4CCC(F)(F)CC4)c3)cc12. The maximum atomic E-state index is 13.5. The first kappa shape index (κ1) is 26.2.